The molecule has 0 spiro atoms. The summed E-state index contributed by atoms with van der Waals surface area (Å²) in [6, 6.07) is 8.00. The zero-order valence-corrected chi connectivity index (χ0v) is 13.0. The third kappa shape index (κ3) is 5.97. The van der Waals surface area contributed by atoms with Gasteiger partial charge >= 0.3 is 5.97 Å². The summed E-state index contributed by atoms with van der Waals surface area (Å²) in [5.74, 6) is -0.244. The van der Waals surface area contributed by atoms with Gasteiger partial charge in [-0.3, -0.25) is 0 Å². The largest absolute Gasteiger partial charge is 0.457 e. The number of hydrogen-bond acceptors (Lipinski definition) is 3. The molecule has 0 N–H and O–H groups in total. The van der Waals surface area contributed by atoms with Crippen LogP contribution in [0.2, 0.25) is 0 Å². The van der Waals surface area contributed by atoms with E-state index in [1.165, 1.54) is 5.56 Å². The molecule has 0 aliphatic rings. The molecule has 0 heterocycles. The average Bonchev–Trinajstić information content (AvgIpc) is 2.29. The number of ether oxygens (including phenoxy) is 1. The minimum atomic E-state index is -0.441. The molecule has 3 heteroatoms. The van der Waals surface area contributed by atoms with Crippen molar-refractivity contribution in [3.63, 3.8) is 0 Å². The van der Waals surface area contributed by atoms with E-state index < -0.39 is 5.60 Å². The molecular formula is C16H22O2S. The molecule has 1 aromatic rings. The van der Waals surface area contributed by atoms with Gasteiger partial charge in [0, 0.05) is 10.5 Å². The third-order valence-electron chi connectivity index (χ3n) is 2.58. The molecule has 0 radical (unpaired) electrons. The highest BCUT2D eigenvalue weighted by Crippen LogP contribution is 2.16. The van der Waals surface area contributed by atoms with Crippen LogP contribution in [0.25, 0.3) is 0 Å². The number of hydrogen-bond donors (Lipinski definition) is 1. The Morgan fingerprint density at radius 2 is 1.95 bits per heavy atom. The number of esters is 1. The Balaban J connectivity index is 2.53. The third-order valence-corrected chi connectivity index (χ3v) is 3.01. The normalized spacial score (nSPS) is 12.4. The van der Waals surface area contributed by atoms with Crippen molar-refractivity contribution in [2.45, 2.75) is 51.0 Å². The number of thiol groups is 1. The van der Waals surface area contributed by atoms with Crippen LogP contribution in [0.15, 0.2) is 40.8 Å². The van der Waals surface area contributed by atoms with Gasteiger partial charge in [0.2, 0.25) is 0 Å². The zero-order valence-electron chi connectivity index (χ0n) is 12.1. The van der Waals surface area contributed by atoms with Crippen molar-refractivity contribution in [2.75, 3.05) is 0 Å². The molecule has 0 aliphatic carbocycles. The number of rotatable bonds is 4. The monoisotopic (exact) mass is 278 g/mol. The van der Waals surface area contributed by atoms with Crippen molar-refractivity contribution >= 4 is 18.6 Å². The topological polar surface area (TPSA) is 26.3 Å². The molecule has 0 aromatic heterocycles. The number of benzene rings is 1. The molecule has 0 bridgehead atoms. The van der Waals surface area contributed by atoms with Crippen molar-refractivity contribution < 1.29 is 9.53 Å². The van der Waals surface area contributed by atoms with Gasteiger partial charge in [-0.15, -0.1) is 12.6 Å². The molecule has 0 amide bonds. The predicted molar refractivity (Wildman–Crippen MR) is 81.6 cm³/mol. The second kappa shape index (κ2) is 6.80. The van der Waals surface area contributed by atoms with Crippen LogP contribution in [-0.2, 0) is 16.0 Å². The molecule has 1 aromatic carbocycles. The SMILES string of the molecule is C/C(=C\CCc1ccccc1S)C(=O)OC(C)(C)C. The lowest BCUT2D eigenvalue weighted by atomic mass is 10.1. The molecule has 0 fully saturated rings. The van der Waals surface area contributed by atoms with Crippen molar-refractivity contribution in [3.05, 3.63) is 41.5 Å². The van der Waals surface area contributed by atoms with Crippen molar-refractivity contribution in [3.8, 4) is 0 Å². The van der Waals surface area contributed by atoms with E-state index in [2.05, 4.69) is 18.7 Å². The van der Waals surface area contributed by atoms with Crippen molar-refractivity contribution in [2.24, 2.45) is 0 Å². The smallest absolute Gasteiger partial charge is 0.333 e. The van der Waals surface area contributed by atoms with Crippen LogP contribution in [0.3, 0.4) is 0 Å². The molecule has 0 atom stereocenters. The average molecular weight is 278 g/mol. The summed E-state index contributed by atoms with van der Waals surface area (Å²) in [6.45, 7) is 7.40. The van der Waals surface area contributed by atoms with Gasteiger partial charge in [0.25, 0.3) is 0 Å². The first-order valence-electron chi connectivity index (χ1n) is 6.46. The summed E-state index contributed by atoms with van der Waals surface area (Å²) in [6.07, 6.45) is 3.61. The Hall–Kier alpha value is -1.22. The minimum Gasteiger partial charge on any atom is -0.457 e. The van der Waals surface area contributed by atoms with Crippen LogP contribution in [0, 0.1) is 0 Å². The highest BCUT2D eigenvalue weighted by molar-refractivity contribution is 7.80. The van der Waals surface area contributed by atoms with E-state index in [1.807, 2.05) is 45.0 Å². The van der Waals surface area contributed by atoms with Crippen LogP contribution < -0.4 is 0 Å². The minimum absolute atomic E-state index is 0.244. The Kier molecular flexibility index (Phi) is 5.67. The summed E-state index contributed by atoms with van der Waals surface area (Å²) in [5.41, 5.74) is 1.41. The van der Waals surface area contributed by atoms with Gasteiger partial charge in [0.15, 0.2) is 0 Å². The Bertz CT molecular complexity index is 470. The maximum atomic E-state index is 11.8. The number of carbonyl (C=O) groups is 1. The first-order chi connectivity index (χ1) is 8.79. The van der Waals surface area contributed by atoms with E-state index in [9.17, 15) is 4.79 Å². The van der Waals surface area contributed by atoms with Gasteiger partial charge in [-0.25, -0.2) is 4.79 Å². The van der Waals surface area contributed by atoms with Crippen LogP contribution in [0.5, 0.6) is 0 Å². The van der Waals surface area contributed by atoms with Crippen LogP contribution in [0.4, 0.5) is 0 Å². The van der Waals surface area contributed by atoms with E-state index in [0.717, 1.165) is 17.7 Å². The summed E-state index contributed by atoms with van der Waals surface area (Å²) in [5, 5.41) is 0. The predicted octanol–water partition coefficient (Wildman–Crippen LogP) is 4.20. The van der Waals surface area contributed by atoms with E-state index in [1.54, 1.807) is 6.92 Å². The van der Waals surface area contributed by atoms with Gasteiger partial charge in [0.1, 0.15) is 5.60 Å². The zero-order chi connectivity index (χ0) is 14.5. The molecule has 0 saturated heterocycles. The lowest BCUT2D eigenvalue weighted by molar-refractivity contribution is -0.149. The summed E-state index contributed by atoms with van der Waals surface area (Å²) in [4.78, 5) is 12.8. The van der Waals surface area contributed by atoms with Gasteiger partial charge < -0.3 is 4.74 Å². The fourth-order valence-electron chi connectivity index (χ4n) is 1.61. The fourth-order valence-corrected chi connectivity index (χ4v) is 1.88. The Labute approximate surface area is 121 Å². The first-order valence-corrected chi connectivity index (χ1v) is 6.91. The molecule has 2 nitrogen and oxygen atoms in total. The molecular weight excluding hydrogens is 256 g/mol. The summed E-state index contributed by atoms with van der Waals surface area (Å²) >= 11 is 4.41. The molecule has 0 aliphatic heterocycles. The second-order valence-electron chi connectivity index (χ2n) is 5.56. The Morgan fingerprint density at radius 3 is 2.53 bits per heavy atom. The lowest BCUT2D eigenvalue weighted by Gasteiger charge is -2.19. The maximum Gasteiger partial charge on any atom is 0.333 e. The van der Waals surface area contributed by atoms with Gasteiger partial charge in [-0.1, -0.05) is 24.3 Å². The Morgan fingerprint density at radius 1 is 1.32 bits per heavy atom. The highest BCUT2D eigenvalue weighted by Gasteiger charge is 2.16. The first kappa shape index (κ1) is 15.8. The van der Waals surface area contributed by atoms with E-state index in [-0.39, 0.29) is 5.97 Å². The van der Waals surface area contributed by atoms with Gasteiger partial charge in [-0.2, -0.15) is 0 Å². The van der Waals surface area contributed by atoms with E-state index >= 15 is 0 Å². The standard InChI is InChI=1S/C16H22O2S/c1-12(15(17)18-16(2,3)4)8-7-10-13-9-5-6-11-14(13)19/h5-6,8-9,11,19H,7,10H2,1-4H3/b12-8+. The highest BCUT2D eigenvalue weighted by atomic mass is 32.1. The van der Waals surface area contributed by atoms with Crippen molar-refractivity contribution in [1.29, 1.82) is 0 Å². The second-order valence-corrected chi connectivity index (χ2v) is 6.04. The quantitative estimate of drug-likeness (QED) is 0.507. The number of allylic oxidation sites excluding steroid dienone is 1. The summed E-state index contributed by atoms with van der Waals surface area (Å²) < 4.78 is 5.30. The molecule has 19 heavy (non-hydrogen) atoms. The maximum absolute atomic E-state index is 11.8. The number of aryl methyl sites for hydroxylation is 1. The molecule has 0 unspecified atom stereocenters. The fraction of sp³-hybridized carbons (Fsp3) is 0.438. The number of carbonyl (C=O) groups excluding carboxylic acids is 1. The van der Waals surface area contributed by atoms with Crippen LogP contribution in [0.1, 0.15) is 39.7 Å². The van der Waals surface area contributed by atoms with Crippen LogP contribution in [-0.4, -0.2) is 11.6 Å². The molecule has 104 valence electrons. The summed E-state index contributed by atoms with van der Waals surface area (Å²) in [7, 11) is 0. The van der Waals surface area contributed by atoms with Crippen molar-refractivity contribution in [1.82, 2.24) is 0 Å². The van der Waals surface area contributed by atoms with Gasteiger partial charge in [-0.05, 0) is 52.2 Å². The van der Waals surface area contributed by atoms with Gasteiger partial charge in [0.05, 0.1) is 0 Å². The molecule has 0 saturated carbocycles. The van der Waals surface area contributed by atoms with E-state index in [4.69, 9.17) is 4.74 Å². The van der Waals surface area contributed by atoms with E-state index in [0.29, 0.717) is 5.57 Å². The lowest BCUT2D eigenvalue weighted by Crippen LogP contribution is -2.24. The van der Waals surface area contributed by atoms with Crippen LogP contribution >= 0.6 is 12.6 Å². The molecule has 1 rings (SSSR count).